The van der Waals surface area contributed by atoms with Crippen LogP contribution in [0.15, 0.2) is 48.5 Å². The molecule has 0 unspecified atom stereocenters. The minimum absolute atomic E-state index is 0.0568. The summed E-state index contributed by atoms with van der Waals surface area (Å²) in [5, 5.41) is 9.72. The topological polar surface area (TPSA) is 87.2 Å². The van der Waals surface area contributed by atoms with Crippen molar-refractivity contribution < 1.29 is 24.2 Å². The minimum atomic E-state index is -1.09. The van der Waals surface area contributed by atoms with E-state index in [1.165, 1.54) is 4.90 Å². The van der Waals surface area contributed by atoms with E-state index in [9.17, 15) is 19.5 Å². The van der Waals surface area contributed by atoms with Gasteiger partial charge in [-0.25, -0.2) is 4.79 Å². The second-order valence-electron chi connectivity index (χ2n) is 8.32. The highest BCUT2D eigenvalue weighted by molar-refractivity contribution is 5.98. The van der Waals surface area contributed by atoms with E-state index in [0.29, 0.717) is 37.1 Å². The molecule has 31 heavy (non-hydrogen) atoms. The van der Waals surface area contributed by atoms with Crippen molar-refractivity contribution >= 4 is 17.8 Å². The maximum atomic E-state index is 13.4. The fourth-order valence-corrected chi connectivity index (χ4v) is 4.49. The molecule has 4 rings (SSSR count). The highest BCUT2D eigenvalue weighted by Crippen LogP contribution is 2.38. The number of rotatable bonds is 3. The molecule has 0 bridgehead atoms. The van der Waals surface area contributed by atoms with Crippen molar-refractivity contribution in [1.82, 2.24) is 9.80 Å². The molecule has 7 nitrogen and oxygen atoms in total. The third kappa shape index (κ3) is 3.93. The smallest absolute Gasteiger partial charge is 0.328 e. The van der Waals surface area contributed by atoms with E-state index in [1.54, 1.807) is 29.2 Å². The van der Waals surface area contributed by atoms with E-state index < -0.39 is 17.7 Å². The molecule has 1 spiro atoms. The minimum Gasteiger partial charge on any atom is -0.480 e. The first-order valence-electron chi connectivity index (χ1n) is 10.4. The van der Waals surface area contributed by atoms with Crippen molar-refractivity contribution in [3.8, 4) is 0 Å². The molecule has 2 aliphatic rings. The van der Waals surface area contributed by atoms with Gasteiger partial charge >= 0.3 is 5.97 Å². The van der Waals surface area contributed by atoms with E-state index in [1.807, 2.05) is 38.1 Å². The van der Waals surface area contributed by atoms with Crippen LogP contribution in [0.3, 0.4) is 0 Å². The number of amides is 2. The molecule has 2 aliphatic heterocycles. The lowest BCUT2D eigenvalue weighted by atomic mass is 9.96. The van der Waals surface area contributed by atoms with E-state index >= 15 is 0 Å². The number of carboxylic acid groups (broad SMARTS) is 1. The van der Waals surface area contributed by atoms with Gasteiger partial charge in [0, 0.05) is 37.1 Å². The van der Waals surface area contributed by atoms with Crippen LogP contribution in [0.25, 0.3) is 0 Å². The van der Waals surface area contributed by atoms with Gasteiger partial charge < -0.3 is 14.7 Å². The summed E-state index contributed by atoms with van der Waals surface area (Å²) in [5.74, 6) is -1.51. The Morgan fingerprint density at radius 2 is 1.48 bits per heavy atom. The lowest BCUT2D eigenvalue weighted by molar-refractivity contribution is -0.143. The van der Waals surface area contributed by atoms with Crippen molar-refractivity contribution in [3.05, 3.63) is 70.8 Å². The standard InChI is InChI=1S/C24H26N2O5/c1-16-5-3-7-18(13-16)21(27)25-11-9-24(10-12-25)26(20(15-31-24)23(29)30)22(28)19-8-4-6-17(2)14-19/h3-8,13-14,20H,9-12,15H2,1-2H3,(H,29,30)/t20-/m1/s1. The lowest BCUT2D eigenvalue weighted by Crippen LogP contribution is -2.58. The molecule has 2 aromatic rings. The fourth-order valence-electron chi connectivity index (χ4n) is 4.49. The summed E-state index contributed by atoms with van der Waals surface area (Å²) >= 11 is 0. The van der Waals surface area contributed by atoms with Crippen LogP contribution in [0.5, 0.6) is 0 Å². The number of nitrogens with zero attached hydrogens (tertiary/aromatic N) is 2. The maximum absolute atomic E-state index is 13.4. The van der Waals surface area contributed by atoms with Gasteiger partial charge in [-0.15, -0.1) is 0 Å². The van der Waals surface area contributed by atoms with Gasteiger partial charge in [-0.05, 0) is 38.1 Å². The van der Waals surface area contributed by atoms with E-state index in [-0.39, 0.29) is 18.4 Å². The second-order valence-corrected chi connectivity index (χ2v) is 8.32. The normalized spacial score (nSPS) is 20.1. The SMILES string of the molecule is Cc1cccc(C(=O)N2CCC3(CC2)OC[C@H](C(=O)O)N3C(=O)c2cccc(C)c2)c1. The fraction of sp³-hybridized carbons (Fsp3) is 0.375. The van der Waals surface area contributed by atoms with Gasteiger partial charge in [0.1, 0.15) is 5.72 Å². The number of likely N-dealkylation sites (tertiary alicyclic amines) is 1. The Labute approximate surface area is 181 Å². The van der Waals surface area contributed by atoms with Gasteiger partial charge in [0.2, 0.25) is 0 Å². The molecule has 7 heteroatoms. The van der Waals surface area contributed by atoms with Crippen molar-refractivity contribution in [3.63, 3.8) is 0 Å². The Morgan fingerprint density at radius 1 is 0.935 bits per heavy atom. The zero-order valence-electron chi connectivity index (χ0n) is 17.7. The highest BCUT2D eigenvalue weighted by Gasteiger charge is 2.54. The van der Waals surface area contributed by atoms with E-state index in [0.717, 1.165) is 11.1 Å². The molecular formula is C24H26N2O5. The summed E-state index contributed by atoms with van der Waals surface area (Å²) in [4.78, 5) is 41.3. The summed E-state index contributed by atoms with van der Waals surface area (Å²) in [5.41, 5.74) is 1.98. The van der Waals surface area contributed by atoms with Crippen LogP contribution < -0.4 is 0 Å². The van der Waals surface area contributed by atoms with Crippen LogP contribution in [-0.2, 0) is 9.53 Å². The summed E-state index contributed by atoms with van der Waals surface area (Å²) < 4.78 is 5.98. The van der Waals surface area contributed by atoms with Gasteiger partial charge in [-0.3, -0.25) is 14.5 Å². The quantitative estimate of drug-likeness (QED) is 0.822. The van der Waals surface area contributed by atoms with Gasteiger partial charge in [0.05, 0.1) is 6.61 Å². The first-order chi connectivity index (χ1) is 14.8. The number of ether oxygens (including phenoxy) is 1. The Hall–Kier alpha value is -3.19. The molecule has 2 heterocycles. The first kappa shape index (κ1) is 21.1. The summed E-state index contributed by atoms with van der Waals surface area (Å²) in [7, 11) is 0. The molecule has 2 saturated heterocycles. The Kier molecular flexibility index (Phi) is 5.54. The number of hydrogen-bond donors (Lipinski definition) is 1. The number of carbonyl (C=O) groups excluding carboxylic acids is 2. The van der Waals surface area contributed by atoms with Gasteiger partial charge in [0.25, 0.3) is 11.8 Å². The predicted molar refractivity (Wildman–Crippen MR) is 114 cm³/mol. The Balaban J connectivity index is 1.57. The van der Waals surface area contributed by atoms with Gasteiger partial charge in [0.15, 0.2) is 6.04 Å². The molecule has 2 aromatic carbocycles. The zero-order chi connectivity index (χ0) is 22.2. The average molecular weight is 422 g/mol. The first-order valence-corrected chi connectivity index (χ1v) is 10.4. The molecule has 1 N–H and O–H groups in total. The third-order valence-electron chi connectivity index (χ3n) is 6.13. The van der Waals surface area contributed by atoms with Crippen molar-refractivity contribution in [2.24, 2.45) is 0 Å². The molecule has 0 aliphatic carbocycles. The number of hydrogen-bond acceptors (Lipinski definition) is 4. The summed E-state index contributed by atoms with van der Waals surface area (Å²) in [6.07, 6.45) is 0.734. The van der Waals surface area contributed by atoms with Crippen molar-refractivity contribution in [2.75, 3.05) is 19.7 Å². The van der Waals surface area contributed by atoms with Crippen molar-refractivity contribution in [2.45, 2.75) is 38.5 Å². The van der Waals surface area contributed by atoms with Crippen LogP contribution >= 0.6 is 0 Å². The molecule has 162 valence electrons. The Bertz CT molecular complexity index is 1030. The van der Waals surface area contributed by atoms with Crippen LogP contribution in [0.2, 0.25) is 0 Å². The Morgan fingerprint density at radius 3 is 2.00 bits per heavy atom. The lowest BCUT2D eigenvalue weighted by Gasteiger charge is -2.44. The van der Waals surface area contributed by atoms with Crippen LogP contribution in [0.4, 0.5) is 0 Å². The van der Waals surface area contributed by atoms with Gasteiger partial charge in [-0.2, -0.15) is 0 Å². The molecule has 0 radical (unpaired) electrons. The zero-order valence-corrected chi connectivity index (χ0v) is 17.7. The maximum Gasteiger partial charge on any atom is 0.328 e. The number of carbonyl (C=O) groups is 3. The van der Waals surface area contributed by atoms with Crippen LogP contribution in [0, 0.1) is 13.8 Å². The number of benzene rings is 2. The summed E-state index contributed by atoms with van der Waals surface area (Å²) in [6.45, 7) is 4.54. The van der Waals surface area contributed by atoms with Gasteiger partial charge in [-0.1, -0.05) is 35.4 Å². The third-order valence-corrected chi connectivity index (χ3v) is 6.13. The summed E-state index contributed by atoms with van der Waals surface area (Å²) in [6, 6.07) is 13.5. The second kappa shape index (κ2) is 8.15. The van der Waals surface area contributed by atoms with Crippen LogP contribution in [0.1, 0.15) is 44.7 Å². The molecule has 1 atom stereocenters. The number of aliphatic carboxylic acids is 1. The monoisotopic (exact) mass is 422 g/mol. The molecule has 2 amide bonds. The predicted octanol–water partition coefficient (Wildman–Crippen LogP) is 2.86. The highest BCUT2D eigenvalue weighted by atomic mass is 16.5. The average Bonchev–Trinajstić information content (AvgIpc) is 3.12. The molecule has 0 saturated carbocycles. The molecule has 0 aromatic heterocycles. The van der Waals surface area contributed by atoms with Crippen LogP contribution in [-0.4, -0.2) is 64.2 Å². The van der Waals surface area contributed by atoms with E-state index in [4.69, 9.17) is 4.74 Å². The molecule has 2 fully saturated rings. The molecular weight excluding hydrogens is 396 g/mol. The number of piperidine rings is 1. The number of carboxylic acids is 1. The largest absolute Gasteiger partial charge is 0.480 e. The number of aryl methyl sites for hydroxylation is 2. The van der Waals surface area contributed by atoms with Crippen molar-refractivity contribution in [1.29, 1.82) is 0 Å². The van der Waals surface area contributed by atoms with E-state index in [2.05, 4.69) is 0 Å².